The van der Waals surface area contributed by atoms with Crippen molar-refractivity contribution < 1.29 is 9.32 Å². The molecule has 0 aliphatic carbocycles. The minimum Gasteiger partial charge on any atom is -0.340 e. The van der Waals surface area contributed by atoms with Crippen molar-refractivity contribution in [2.45, 2.75) is 38.8 Å². The molecular weight excluding hydrogens is 270 g/mol. The predicted octanol–water partition coefficient (Wildman–Crippen LogP) is 0.164. The van der Waals surface area contributed by atoms with Crippen LogP contribution >= 0.6 is 0 Å². The normalized spacial score (nSPS) is 23.7. The van der Waals surface area contributed by atoms with Crippen LogP contribution in [0, 0.1) is 6.92 Å². The first-order valence-electron chi connectivity index (χ1n) is 7.73. The van der Waals surface area contributed by atoms with Crippen molar-refractivity contribution >= 4 is 5.91 Å². The maximum Gasteiger partial charge on any atom is 0.224 e. The Bertz CT molecular complexity index is 475. The minimum absolute atomic E-state index is 0.282. The highest BCUT2D eigenvalue weighted by Gasteiger charge is 2.25. The molecule has 2 aliphatic heterocycles. The summed E-state index contributed by atoms with van der Waals surface area (Å²) in [6, 6.07) is 0.387. The number of nitrogens with zero attached hydrogens (tertiary/aromatic N) is 4. The fourth-order valence-electron chi connectivity index (χ4n) is 3.03. The Labute approximate surface area is 124 Å². The third kappa shape index (κ3) is 3.79. The van der Waals surface area contributed by atoms with Gasteiger partial charge in [-0.1, -0.05) is 5.16 Å². The summed E-state index contributed by atoms with van der Waals surface area (Å²) in [4.78, 5) is 20.7. The highest BCUT2D eigenvalue weighted by atomic mass is 16.5. The van der Waals surface area contributed by atoms with E-state index >= 15 is 0 Å². The summed E-state index contributed by atoms with van der Waals surface area (Å²) >= 11 is 0. The lowest BCUT2D eigenvalue weighted by Crippen LogP contribution is -2.49. The summed E-state index contributed by atoms with van der Waals surface area (Å²) in [6.07, 6.45) is 2.96. The molecule has 21 heavy (non-hydrogen) atoms. The second-order valence-corrected chi connectivity index (χ2v) is 5.88. The van der Waals surface area contributed by atoms with Gasteiger partial charge in [0.05, 0.1) is 6.54 Å². The average Bonchev–Trinajstić information content (AvgIpc) is 3.12. The Hall–Kier alpha value is -1.47. The van der Waals surface area contributed by atoms with Crippen LogP contribution in [0.5, 0.6) is 0 Å². The number of carbonyl (C=O) groups excluding carboxylic acids is 1. The summed E-state index contributed by atoms with van der Waals surface area (Å²) in [7, 11) is 0. The summed E-state index contributed by atoms with van der Waals surface area (Å²) in [5.41, 5.74) is 0. The van der Waals surface area contributed by atoms with E-state index in [4.69, 9.17) is 4.52 Å². The lowest BCUT2D eigenvalue weighted by molar-refractivity contribution is -0.133. The second kappa shape index (κ2) is 6.53. The van der Waals surface area contributed by atoms with Gasteiger partial charge in [-0.15, -0.1) is 0 Å². The number of hydrogen-bond acceptors (Lipinski definition) is 6. The largest absolute Gasteiger partial charge is 0.340 e. The number of amides is 1. The Kier molecular flexibility index (Phi) is 4.50. The quantitative estimate of drug-likeness (QED) is 0.852. The van der Waals surface area contributed by atoms with Crippen molar-refractivity contribution in [2.24, 2.45) is 0 Å². The second-order valence-electron chi connectivity index (χ2n) is 5.88. The van der Waals surface area contributed by atoms with Gasteiger partial charge in [0.15, 0.2) is 5.82 Å². The minimum atomic E-state index is 0.282. The molecule has 1 aromatic rings. The topological polar surface area (TPSA) is 74.5 Å². The molecule has 2 saturated heterocycles. The number of rotatable bonds is 4. The van der Waals surface area contributed by atoms with Crippen LogP contribution in [0.15, 0.2) is 4.52 Å². The van der Waals surface area contributed by atoms with Crippen LogP contribution in [-0.4, -0.2) is 64.6 Å². The van der Waals surface area contributed by atoms with Crippen LogP contribution in [0.25, 0.3) is 0 Å². The van der Waals surface area contributed by atoms with E-state index in [1.807, 2.05) is 4.90 Å². The first-order chi connectivity index (χ1) is 10.2. The SMILES string of the molecule is Cc1nc(CN2CCN(C(=O)CC3CCCN3)CC2)no1. The van der Waals surface area contributed by atoms with Gasteiger partial charge in [0.2, 0.25) is 11.8 Å². The molecule has 0 saturated carbocycles. The number of aromatic nitrogens is 2. The van der Waals surface area contributed by atoms with Gasteiger partial charge in [-0.2, -0.15) is 4.98 Å². The zero-order chi connectivity index (χ0) is 14.7. The van der Waals surface area contributed by atoms with Gasteiger partial charge in [0.25, 0.3) is 0 Å². The molecule has 1 unspecified atom stereocenters. The van der Waals surface area contributed by atoms with Crippen LogP contribution in [0.1, 0.15) is 31.0 Å². The fourth-order valence-corrected chi connectivity index (χ4v) is 3.03. The van der Waals surface area contributed by atoms with E-state index in [-0.39, 0.29) is 5.91 Å². The van der Waals surface area contributed by atoms with E-state index in [0.29, 0.717) is 24.9 Å². The van der Waals surface area contributed by atoms with Crippen LogP contribution in [0.2, 0.25) is 0 Å². The monoisotopic (exact) mass is 293 g/mol. The van der Waals surface area contributed by atoms with Gasteiger partial charge >= 0.3 is 0 Å². The molecule has 2 fully saturated rings. The van der Waals surface area contributed by atoms with Crippen molar-refractivity contribution in [2.75, 3.05) is 32.7 Å². The molecule has 3 heterocycles. The summed E-state index contributed by atoms with van der Waals surface area (Å²) < 4.78 is 4.98. The Morgan fingerprint density at radius 2 is 2.19 bits per heavy atom. The van der Waals surface area contributed by atoms with Crippen molar-refractivity contribution in [3.05, 3.63) is 11.7 Å². The first-order valence-corrected chi connectivity index (χ1v) is 7.73. The molecule has 0 radical (unpaired) electrons. The molecule has 1 atom stereocenters. The van der Waals surface area contributed by atoms with E-state index < -0.39 is 0 Å². The molecule has 0 bridgehead atoms. The third-order valence-electron chi connectivity index (χ3n) is 4.24. The molecule has 0 aromatic carbocycles. The number of hydrogen-bond donors (Lipinski definition) is 1. The fraction of sp³-hybridized carbons (Fsp3) is 0.786. The molecule has 0 spiro atoms. The van der Waals surface area contributed by atoms with Gasteiger partial charge < -0.3 is 14.7 Å². The first kappa shape index (κ1) is 14.5. The molecule has 1 N–H and O–H groups in total. The lowest BCUT2D eigenvalue weighted by Gasteiger charge is -2.34. The van der Waals surface area contributed by atoms with Gasteiger partial charge in [0.1, 0.15) is 0 Å². The van der Waals surface area contributed by atoms with Crippen LogP contribution < -0.4 is 5.32 Å². The van der Waals surface area contributed by atoms with E-state index in [2.05, 4.69) is 20.4 Å². The summed E-state index contributed by atoms with van der Waals surface area (Å²) in [5.74, 6) is 1.61. The van der Waals surface area contributed by atoms with Gasteiger partial charge in [0, 0.05) is 45.6 Å². The molecule has 7 heteroatoms. The molecule has 116 valence electrons. The molecule has 2 aliphatic rings. The zero-order valence-corrected chi connectivity index (χ0v) is 12.5. The maximum atomic E-state index is 12.3. The number of aryl methyl sites for hydroxylation is 1. The third-order valence-corrected chi connectivity index (χ3v) is 4.24. The Balaban J connectivity index is 1.42. The van der Waals surface area contributed by atoms with E-state index in [9.17, 15) is 4.79 Å². The lowest BCUT2D eigenvalue weighted by atomic mass is 10.1. The standard InChI is InChI=1S/C14H23N5O2/c1-11-16-13(17-21-11)10-18-5-7-19(8-6-18)14(20)9-12-3-2-4-15-12/h12,15H,2-10H2,1H3. The Morgan fingerprint density at radius 3 is 2.81 bits per heavy atom. The average molecular weight is 293 g/mol. The number of carbonyl (C=O) groups is 1. The van der Waals surface area contributed by atoms with E-state index in [1.54, 1.807) is 6.92 Å². The molecule has 1 amide bonds. The number of nitrogens with one attached hydrogen (secondary N) is 1. The van der Waals surface area contributed by atoms with Crippen molar-refractivity contribution in [3.63, 3.8) is 0 Å². The Morgan fingerprint density at radius 1 is 1.38 bits per heavy atom. The molecule has 1 aromatic heterocycles. The highest BCUT2D eigenvalue weighted by molar-refractivity contribution is 5.77. The molecular formula is C14H23N5O2. The van der Waals surface area contributed by atoms with Crippen LogP contribution in [0.3, 0.4) is 0 Å². The summed E-state index contributed by atoms with van der Waals surface area (Å²) in [5, 5.41) is 7.30. The predicted molar refractivity (Wildman–Crippen MR) is 76.5 cm³/mol. The zero-order valence-electron chi connectivity index (χ0n) is 12.5. The molecule has 7 nitrogen and oxygen atoms in total. The van der Waals surface area contributed by atoms with E-state index in [1.165, 1.54) is 6.42 Å². The van der Waals surface area contributed by atoms with Crippen LogP contribution in [0.4, 0.5) is 0 Å². The van der Waals surface area contributed by atoms with Gasteiger partial charge in [-0.3, -0.25) is 9.69 Å². The van der Waals surface area contributed by atoms with Gasteiger partial charge in [-0.25, -0.2) is 0 Å². The maximum absolute atomic E-state index is 12.3. The summed E-state index contributed by atoms with van der Waals surface area (Å²) in [6.45, 7) is 6.88. The molecule has 3 rings (SSSR count). The van der Waals surface area contributed by atoms with Gasteiger partial charge in [-0.05, 0) is 19.4 Å². The van der Waals surface area contributed by atoms with Crippen molar-refractivity contribution in [1.82, 2.24) is 25.3 Å². The smallest absolute Gasteiger partial charge is 0.224 e. The highest BCUT2D eigenvalue weighted by Crippen LogP contribution is 2.12. The van der Waals surface area contributed by atoms with E-state index in [0.717, 1.165) is 45.0 Å². The van der Waals surface area contributed by atoms with Crippen molar-refractivity contribution in [3.8, 4) is 0 Å². The van der Waals surface area contributed by atoms with Crippen molar-refractivity contribution in [1.29, 1.82) is 0 Å². The van der Waals surface area contributed by atoms with Crippen LogP contribution in [-0.2, 0) is 11.3 Å². The number of piperazine rings is 1.